The molecule has 0 N–H and O–H groups in total. The highest BCUT2D eigenvalue weighted by molar-refractivity contribution is 7.99. The third-order valence-corrected chi connectivity index (χ3v) is 3.84. The summed E-state index contributed by atoms with van der Waals surface area (Å²) in [5.41, 5.74) is 1.58. The van der Waals surface area contributed by atoms with Gasteiger partial charge in [-0.1, -0.05) is 29.8 Å². The molecule has 1 aromatic carbocycles. The van der Waals surface area contributed by atoms with E-state index in [1.807, 2.05) is 18.2 Å². The smallest absolute Gasteiger partial charge is 0.120 e. The van der Waals surface area contributed by atoms with Crippen LogP contribution in [-0.2, 0) is 4.79 Å². The van der Waals surface area contributed by atoms with E-state index < -0.39 is 0 Å². The maximum atomic E-state index is 10.0. The molecule has 0 unspecified atom stereocenters. The zero-order valence-electron chi connectivity index (χ0n) is 11.1. The highest BCUT2D eigenvalue weighted by atomic mass is 32.2. The van der Waals surface area contributed by atoms with E-state index in [1.54, 1.807) is 17.3 Å². The first-order valence-corrected chi connectivity index (χ1v) is 7.58. The van der Waals surface area contributed by atoms with Crippen LogP contribution in [0.4, 0.5) is 0 Å². The van der Waals surface area contributed by atoms with Crippen LogP contribution < -0.4 is 0 Å². The molecule has 1 nitrogen and oxygen atoms in total. The lowest BCUT2D eigenvalue weighted by Gasteiger charge is -1.97. The molecule has 1 aliphatic rings. The van der Waals surface area contributed by atoms with Gasteiger partial charge >= 0.3 is 0 Å². The van der Waals surface area contributed by atoms with Gasteiger partial charge in [0.1, 0.15) is 6.29 Å². The lowest BCUT2D eigenvalue weighted by Crippen LogP contribution is -1.80. The Morgan fingerprint density at radius 3 is 2.56 bits per heavy atom. The van der Waals surface area contributed by atoms with E-state index >= 15 is 0 Å². The Kier molecular flexibility index (Phi) is 8.32. The Hall–Kier alpha value is -1.02. The van der Waals surface area contributed by atoms with Gasteiger partial charge in [0.2, 0.25) is 0 Å². The quantitative estimate of drug-likeness (QED) is 0.326. The summed E-state index contributed by atoms with van der Waals surface area (Å²) < 4.78 is 0. The van der Waals surface area contributed by atoms with Crippen LogP contribution in [0.3, 0.4) is 0 Å². The first-order valence-electron chi connectivity index (χ1n) is 6.60. The number of unbranched alkanes of at least 4 members (excludes halogenated alkanes) is 1. The first-order chi connectivity index (χ1) is 8.83. The lowest BCUT2D eigenvalue weighted by atomic mass is 10.3. The van der Waals surface area contributed by atoms with Crippen LogP contribution in [0.25, 0.3) is 0 Å². The molecule has 0 saturated carbocycles. The monoisotopic (exact) mass is 262 g/mol. The molecule has 0 aliphatic heterocycles. The Labute approximate surface area is 115 Å². The van der Waals surface area contributed by atoms with Crippen molar-refractivity contribution in [2.24, 2.45) is 0 Å². The molecule has 0 heterocycles. The molecule has 18 heavy (non-hydrogen) atoms. The molecule has 1 aliphatic carbocycles. The van der Waals surface area contributed by atoms with E-state index in [-0.39, 0.29) is 0 Å². The summed E-state index contributed by atoms with van der Waals surface area (Å²) in [5, 5.41) is 0. The second kappa shape index (κ2) is 9.95. The van der Waals surface area contributed by atoms with E-state index in [0.717, 1.165) is 18.5 Å². The van der Waals surface area contributed by atoms with Crippen molar-refractivity contribution >= 4 is 18.0 Å². The summed E-state index contributed by atoms with van der Waals surface area (Å²) in [6, 6.07) is 10.2. The van der Waals surface area contributed by atoms with Gasteiger partial charge in [-0.05, 0) is 50.5 Å². The second-order valence-electron chi connectivity index (χ2n) is 4.41. The number of hydrogen-bond donors (Lipinski definition) is 0. The predicted octanol–water partition coefficient (Wildman–Crippen LogP) is 4.87. The van der Waals surface area contributed by atoms with E-state index in [1.165, 1.54) is 24.2 Å². The van der Waals surface area contributed by atoms with E-state index in [4.69, 9.17) is 0 Å². The summed E-state index contributed by atoms with van der Waals surface area (Å²) in [6.07, 6.45) is 9.02. The van der Waals surface area contributed by atoms with Gasteiger partial charge in [0.05, 0.1) is 0 Å². The number of rotatable bonds is 5. The number of allylic oxidation sites excluding steroid dienone is 2. The molecular weight excluding hydrogens is 240 g/mol. The zero-order valence-corrected chi connectivity index (χ0v) is 11.9. The van der Waals surface area contributed by atoms with Gasteiger partial charge in [0.15, 0.2) is 0 Å². The molecule has 0 saturated heterocycles. The average Bonchev–Trinajstić information content (AvgIpc) is 2.88. The SMILES string of the molecule is CC1=CCCC1.O=CCCCSc1ccccc1. The molecule has 0 radical (unpaired) electrons. The van der Waals surface area contributed by atoms with Crippen molar-refractivity contribution in [3.63, 3.8) is 0 Å². The summed E-state index contributed by atoms with van der Waals surface area (Å²) in [7, 11) is 0. The van der Waals surface area contributed by atoms with Crippen LogP contribution >= 0.6 is 11.8 Å². The Morgan fingerprint density at radius 2 is 2.06 bits per heavy atom. The van der Waals surface area contributed by atoms with Crippen LogP contribution in [0.1, 0.15) is 39.0 Å². The normalized spacial score (nSPS) is 13.5. The number of hydrogen-bond acceptors (Lipinski definition) is 2. The number of aldehydes is 1. The predicted molar refractivity (Wildman–Crippen MR) is 80.1 cm³/mol. The molecule has 0 atom stereocenters. The molecule has 0 fully saturated rings. The van der Waals surface area contributed by atoms with Crippen molar-refractivity contribution in [2.75, 3.05) is 5.75 Å². The fourth-order valence-electron chi connectivity index (χ4n) is 1.70. The minimum Gasteiger partial charge on any atom is -0.303 e. The van der Waals surface area contributed by atoms with Gasteiger partial charge in [0, 0.05) is 11.3 Å². The average molecular weight is 262 g/mol. The number of benzene rings is 1. The molecule has 0 amide bonds. The highest BCUT2D eigenvalue weighted by Gasteiger charge is 1.95. The number of carbonyl (C=O) groups excluding carboxylic acids is 1. The van der Waals surface area contributed by atoms with Gasteiger partial charge in [0.25, 0.3) is 0 Å². The number of carbonyl (C=O) groups is 1. The maximum Gasteiger partial charge on any atom is 0.120 e. The molecule has 0 aromatic heterocycles. The van der Waals surface area contributed by atoms with E-state index in [0.29, 0.717) is 6.42 Å². The maximum absolute atomic E-state index is 10.0. The number of thioether (sulfide) groups is 1. The van der Waals surface area contributed by atoms with Gasteiger partial charge in [-0.25, -0.2) is 0 Å². The second-order valence-corrected chi connectivity index (χ2v) is 5.58. The van der Waals surface area contributed by atoms with Crippen LogP contribution in [0.5, 0.6) is 0 Å². The lowest BCUT2D eigenvalue weighted by molar-refractivity contribution is -0.107. The molecule has 0 spiro atoms. The van der Waals surface area contributed by atoms with Crippen molar-refractivity contribution in [1.82, 2.24) is 0 Å². The van der Waals surface area contributed by atoms with Crippen molar-refractivity contribution in [2.45, 2.75) is 43.9 Å². The van der Waals surface area contributed by atoms with E-state index in [9.17, 15) is 4.79 Å². The summed E-state index contributed by atoms with van der Waals surface area (Å²) in [5.74, 6) is 1.03. The molecule has 2 rings (SSSR count). The highest BCUT2D eigenvalue weighted by Crippen LogP contribution is 2.17. The fraction of sp³-hybridized carbons (Fsp3) is 0.438. The van der Waals surface area contributed by atoms with Gasteiger partial charge in [-0.3, -0.25) is 0 Å². The first kappa shape index (κ1) is 15.0. The molecule has 1 aromatic rings. The third-order valence-electron chi connectivity index (χ3n) is 2.75. The van der Waals surface area contributed by atoms with Crippen molar-refractivity contribution < 1.29 is 4.79 Å². The summed E-state index contributed by atoms with van der Waals surface area (Å²) in [6.45, 7) is 2.20. The van der Waals surface area contributed by atoms with E-state index in [2.05, 4.69) is 25.1 Å². The van der Waals surface area contributed by atoms with Crippen LogP contribution in [0.15, 0.2) is 46.9 Å². The van der Waals surface area contributed by atoms with Crippen LogP contribution in [0.2, 0.25) is 0 Å². The van der Waals surface area contributed by atoms with Crippen LogP contribution in [-0.4, -0.2) is 12.0 Å². The zero-order chi connectivity index (χ0) is 13.1. The summed E-state index contributed by atoms with van der Waals surface area (Å²) in [4.78, 5) is 11.3. The third kappa shape index (κ3) is 7.33. The van der Waals surface area contributed by atoms with Gasteiger partial charge in [-0.2, -0.15) is 0 Å². The molecule has 2 heteroatoms. The minimum atomic E-state index is 0.680. The topological polar surface area (TPSA) is 17.1 Å². The Morgan fingerprint density at radius 1 is 1.28 bits per heavy atom. The van der Waals surface area contributed by atoms with Crippen molar-refractivity contribution in [3.05, 3.63) is 42.0 Å². The van der Waals surface area contributed by atoms with Gasteiger partial charge < -0.3 is 4.79 Å². The standard InChI is InChI=1S/C10H12OS.C6H10/c11-8-4-5-9-12-10-6-2-1-3-7-10;1-6-4-2-3-5-6/h1-3,6-8H,4-5,9H2;4H,2-3,5H2,1H3. The van der Waals surface area contributed by atoms with Crippen molar-refractivity contribution in [3.8, 4) is 0 Å². The Bertz CT molecular complexity index is 357. The molecular formula is C16H22OS. The van der Waals surface area contributed by atoms with Crippen LogP contribution in [0, 0.1) is 0 Å². The molecule has 0 bridgehead atoms. The molecule has 98 valence electrons. The van der Waals surface area contributed by atoms with Crippen molar-refractivity contribution in [1.29, 1.82) is 0 Å². The summed E-state index contributed by atoms with van der Waals surface area (Å²) >= 11 is 1.80. The Balaban J connectivity index is 0.000000225. The van der Waals surface area contributed by atoms with Gasteiger partial charge in [-0.15, -0.1) is 11.8 Å². The fourth-order valence-corrected chi connectivity index (χ4v) is 2.60. The minimum absolute atomic E-state index is 0.680. The largest absolute Gasteiger partial charge is 0.303 e.